The zero-order chi connectivity index (χ0) is 29.7. The van der Waals surface area contributed by atoms with Crippen LogP contribution in [0.25, 0.3) is 0 Å². The normalized spacial score (nSPS) is 18.2. The van der Waals surface area contributed by atoms with Gasteiger partial charge in [-0.05, 0) is 44.3 Å². The first kappa shape index (κ1) is 28.9. The Balaban J connectivity index is 1.46. The van der Waals surface area contributed by atoms with Crippen molar-refractivity contribution in [3.05, 3.63) is 40.9 Å². The van der Waals surface area contributed by atoms with Gasteiger partial charge >= 0.3 is 6.18 Å². The number of nitrogen functional groups attached to an aromatic ring is 1. The Morgan fingerprint density at radius 2 is 1.95 bits per heavy atom. The van der Waals surface area contributed by atoms with Gasteiger partial charge in [0.2, 0.25) is 17.8 Å². The van der Waals surface area contributed by atoms with Gasteiger partial charge in [-0.2, -0.15) is 23.1 Å². The standard InChI is InChI=1S/C26H30ClF4N9O/c1-25(2)11-40(20-8-16(27)17(28)7-15(20)25)24-34-13-33-23(37-24)35-19-9-18(32)21(36-22(19)41-12-26(29,30)31)39-6-5-14(10-39)38(3)4/h7-9,13-14H,5-6,10-12,32H2,1-4H3,(H,33,34,35,37)/t14-/m1/s1. The van der Waals surface area contributed by atoms with E-state index in [0.717, 1.165) is 12.0 Å². The number of halogens is 5. The summed E-state index contributed by atoms with van der Waals surface area (Å²) in [4.78, 5) is 23.0. The Kier molecular flexibility index (Phi) is 7.49. The van der Waals surface area contributed by atoms with Gasteiger partial charge in [0.15, 0.2) is 12.4 Å². The van der Waals surface area contributed by atoms with Crippen molar-refractivity contribution >= 4 is 46.4 Å². The molecule has 2 aromatic heterocycles. The molecule has 5 rings (SSSR count). The Morgan fingerprint density at radius 1 is 1.20 bits per heavy atom. The molecule has 2 aliphatic rings. The van der Waals surface area contributed by atoms with Gasteiger partial charge in [-0.15, -0.1) is 0 Å². The third-order valence-electron chi connectivity index (χ3n) is 7.22. The molecule has 41 heavy (non-hydrogen) atoms. The molecule has 0 radical (unpaired) electrons. The van der Waals surface area contributed by atoms with Crippen LogP contribution in [0.4, 0.5) is 52.3 Å². The molecule has 15 heteroatoms. The van der Waals surface area contributed by atoms with Crippen LogP contribution in [0, 0.1) is 5.82 Å². The molecule has 1 atom stereocenters. The van der Waals surface area contributed by atoms with E-state index < -0.39 is 24.0 Å². The second-order valence-electron chi connectivity index (χ2n) is 11.0. The van der Waals surface area contributed by atoms with E-state index in [1.165, 1.54) is 24.5 Å². The fourth-order valence-corrected chi connectivity index (χ4v) is 5.26. The van der Waals surface area contributed by atoms with Crippen LogP contribution in [-0.2, 0) is 5.41 Å². The van der Waals surface area contributed by atoms with Crippen LogP contribution in [0.15, 0.2) is 24.5 Å². The molecule has 0 unspecified atom stereocenters. The van der Waals surface area contributed by atoms with Crippen molar-refractivity contribution in [3.8, 4) is 5.88 Å². The van der Waals surface area contributed by atoms with E-state index in [1.54, 1.807) is 4.90 Å². The van der Waals surface area contributed by atoms with Crippen molar-refractivity contribution < 1.29 is 22.3 Å². The van der Waals surface area contributed by atoms with E-state index in [2.05, 4.69) is 30.2 Å². The van der Waals surface area contributed by atoms with Crippen LogP contribution < -0.4 is 25.6 Å². The summed E-state index contributed by atoms with van der Waals surface area (Å²) in [5.74, 6) is -0.220. The van der Waals surface area contributed by atoms with Crippen LogP contribution in [0.5, 0.6) is 5.88 Å². The average Bonchev–Trinajstić information content (AvgIpc) is 3.47. The topological polar surface area (TPSA) is 109 Å². The molecular weight excluding hydrogens is 566 g/mol. The summed E-state index contributed by atoms with van der Waals surface area (Å²) >= 11 is 6.07. The van der Waals surface area contributed by atoms with E-state index in [9.17, 15) is 17.6 Å². The summed E-state index contributed by atoms with van der Waals surface area (Å²) in [6.07, 6.45) is -2.47. The maximum Gasteiger partial charge on any atom is 0.422 e. The van der Waals surface area contributed by atoms with Gasteiger partial charge in [0.05, 0.1) is 10.7 Å². The Morgan fingerprint density at radius 3 is 2.63 bits per heavy atom. The number of nitrogens with one attached hydrogen (secondary N) is 1. The number of anilines is 6. The van der Waals surface area contributed by atoms with Gasteiger partial charge in [0.1, 0.15) is 17.8 Å². The smallest absolute Gasteiger partial charge is 0.422 e. The molecule has 4 heterocycles. The average molecular weight is 596 g/mol. The molecule has 0 amide bonds. The number of rotatable bonds is 7. The Bertz CT molecular complexity index is 1450. The molecule has 0 saturated carbocycles. The predicted molar refractivity (Wildman–Crippen MR) is 149 cm³/mol. The van der Waals surface area contributed by atoms with E-state index in [4.69, 9.17) is 22.1 Å². The first-order chi connectivity index (χ1) is 19.2. The van der Waals surface area contributed by atoms with Gasteiger partial charge < -0.3 is 30.5 Å². The van der Waals surface area contributed by atoms with Crippen molar-refractivity contribution in [1.82, 2.24) is 24.8 Å². The highest BCUT2D eigenvalue weighted by Gasteiger charge is 2.38. The number of ether oxygens (including phenoxy) is 1. The van der Waals surface area contributed by atoms with Gasteiger partial charge in [-0.25, -0.2) is 14.4 Å². The molecular formula is C26H30ClF4N9O. The summed E-state index contributed by atoms with van der Waals surface area (Å²) in [7, 11) is 3.93. The van der Waals surface area contributed by atoms with Gasteiger partial charge in [0, 0.05) is 36.8 Å². The van der Waals surface area contributed by atoms with Crippen LogP contribution in [0.1, 0.15) is 25.8 Å². The van der Waals surface area contributed by atoms with Crippen LogP contribution in [-0.4, -0.2) is 77.4 Å². The number of hydrogen-bond donors (Lipinski definition) is 2. The van der Waals surface area contributed by atoms with Crippen molar-refractivity contribution in [2.75, 3.05) is 61.2 Å². The minimum Gasteiger partial charge on any atom is -0.466 e. The maximum atomic E-state index is 14.2. The minimum atomic E-state index is -4.58. The number of likely N-dealkylation sites (N-methyl/N-ethyl adjacent to an activating group) is 1. The highest BCUT2D eigenvalue weighted by atomic mass is 35.5. The highest BCUT2D eigenvalue weighted by molar-refractivity contribution is 6.31. The lowest BCUT2D eigenvalue weighted by molar-refractivity contribution is -0.153. The van der Waals surface area contributed by atoms with E-state index in [1.807, 2.05) is 32.8 Å². The summed E-state index contributed by atoms with van der Waals surface area (Å²) in [5.41, 5.74) is 7.59. The molecule has 1 fully saturated rings. The van der Waals surface area contributed by atoms with Gasteiger partial charge in [0.25, 0.3) is 0 Å². The monoisotopic (exact) mass is 595 g/mol. The second kappa shape index (κ2) is 10.6. The molecule has 0 spiro atoms. The number of alkyl halides is 3. The maximum absolute atomic E-state index is 14.2. The fourth-order valence-electron chi connectivity index (χ4n) is 5.11. The van der Waals surface area contributed by atoms with Crippen LogP contribution in [0.2, 0.25) is 5.02 Å². The molecule has 10 nitrogen and oxygen atoms in total. The number of aromatic nitrogens is 4. The number of fused-ring (bicyclic) bond motifs is 1. The Hall–Kier alpha value is -3.65. The molecule has 3 N–H and O–H groups in total. The van der Waals surface area contributed by atoms with E-state index in [-0.39, 0.29) is 40.2 Å². The van der Waals surface area contributed by atoms with E-state index >= 15 is 0 Å². The van der Waals surface area contributed by atoms with Crippen molar-refractivity contribution in [1.29, 1.82) is 0 Å². The minimum absolute atomic E-state index is 0.0223. The quantitative estimate of drug-likeness (QED) is 0.366. The molecule has 0 bridgehead atoms. The van der Waals surface area contributed by atoms with Gasteiger partial charge in [-0.1, -0.05) is 25.4 Å². The lowest BCUT2D eigenvalue weighted by atomic mass is 9.87. The lowest BCUT2D eigenvalue weighted by Crippen LogP contribution is -2.32. The number of benzene rings is 1. The largest absolute Gasteiger partial charge is 0.466 e. The SMILES string of the molecule is CN(C)[C@@H]1CCN(c2nc(OCC(F)(F)F)c(Nc3ncnc(N4CC(C)(C)c5cc(F)c(Cl)cc54)n3)cc2N)C1. The highest BCUT2D eigenvalue weighted by Crippen LogP contribution is 2.45. The lowest BCUT2D eigenvalue weighted by Gasteiger charge is -2.24. The van der Waals surface area contributed by atoms with Crippen molar-refractivity contribution in [2.24, 2.45) is 0 Å². The summed E-state index contributed by atoms with van der Waals surface area (Å²) in [6, 6.07) is 4.63. The van der Waals surface area contributed by atoms with Crippen molar-refractivity contribution in [3.63, 3.8) is 0 Å². The summed E-state index contributed by atoms with van der Waals surface area (Å²) in [5, 5.41) is 2.85. The Labute approximate surface area is 239 Å². The van der Waals surface area contributed by atoms with E-state index in [0.29, 0.717) is 31.1 Å². The molecule has 0 aliphatic carbocycles. The predicted octanol–water partition coefficient (Wildman–Crippen LogP) is 4.90. The number of hydrogen-bond acceptors (Lipinski definition) is 10. The number of nitrogens with zero attached hydrogens (tertiary/aromatic N) is 7. The third-order valence-corrected chi connectivity index (χ3v) is 7.51. The molecule has 2 aliphatic heterocycles. The van der Waals surface area contributed by atoms with Crippen LogP contribution in [0.3, 0.4) is 0 Å². The molecule has 3 aromatic rings. The van der Waals surface area contributed by atoms with Crippen molar-refractivity contribution in [2.45, 2.75) is 37.9 Å². The first-order valence-corrected chi connectivity index (χ1v) is 13.2. The van der Waals surface area contributed by atoms with Crippen LogP contribution >= 0.6 is 11.6 Å². The third kappa shape index (κ3) is 6.03. The first-order valence-electron chi connectivity index (χ1n) is 12.9. The summed E-state index contributed by atoms with van der Waals surface area (Å²) < 4.78 is 58.6. The molecule has 220 valence electrons. The number of pyridine rings is 1. The second-order valence-corrected chi connectivity index (χ2v) is 11.4. The molecule has 1 saturated heterocycles. The fraction of sp³-hybridized carbons (Fsp3) is 0.462. The van der Waals surface area contributed by atoms with Gasteiger partial charge in [-0.3, -0.25) is 0 Å². The number of nitrogens with two attached hydrogens (primary N) is 1. The molecule has 1 aromatic carbocycles. The zero-order valence-corrected chi connectivity index (χ0v) is 23.7. The zero-order valence-electron chi connectivity index (χ0n) is 22.9. The summed E-state index contributed by atoms with van der Waals surface area (Å²) in [6.45, 7) is 4.07.